The molecular formula is C17H18N2O4. The van der Waals surface area contributed by atoms with Crippen LogP contribution in [0.1, 0.15) is 18.1 Å². The van der Waals surface area contributed by atoms with Crippen LogP contribution in [0.2, 0.25) is 0 Å². The van der Waals surface area contributed by atoms with Crippen molar-refractivity contribution in [2.24, 2.45) is 0 Å². The van der Waals surface area contributed by atoms with Crippen LogP contribution < -0.4 is 10.1 Å². The quantitative estimate of drug-likeness (QED) is 0.655. The Bertz CT molecular complexity index is 711. The predicted octanol–water partition coefficient (Wildman–Crippen LogP) is 3.35. The number of ether oxygens (including phenoxy) is 1. The maximum absolute atomic E-state index is 12.1. The van der Waals surface area contributed by atoms with Gasteiger partial charge in [0.05, 0.1) is 30.2 Å². The van der Waals surface area contributed by atoms with E-state index >= 15 is 0 Å². The number of nitro groups is 1. The van der Waals surface area contributed by atoms with Crippen LogP contribution in [0.25, 0.3) is 0 Å². The Morgan fingerprint density at radius 1 is 1.17 bits per heavy atom. The molecule has 1 N–H and O–H groups in total. The third-order valence-corrected chi connectivity index (χ3v) is 3.47. The number of nitrogens with zero attached hydrogens (tertiary/aromatic N) is 1. The first-order valence-electron chi connectivity index (χ1n) is 7.23. The number of non-ortho nitro benzene ring substituents is 1. The fourth-order valence-electron chi connectivity index (χ4n) is 2.17. The van der Waals surface area contributed by atoms with E-state index in [0.29, 0.717) is 5.69 Å². The van der Waals surface area contributed by atoms with E-state index in [-0.39, 0.29) is 23.8 Å². The van der Waals surface area contributed by atoms with Gasteiger partial charge in [0.15, 0.2) is 0 Å². The minimum Gasteiger partial charge on any atom is -0.494 e. The van der Waals surface area contributed by atoms with E-state index in [2.05, 4.69) is 12.2 Å². The Morgan fingerprint density at radius 2 is 1.83 bits per heavy atom. The number of aryl methyl sites for hydroxylation is 1. The lowest BCUT2D eigenvalue weighted by Gasteiger charge is -2.10. The van der Waals surface area contributed by atoms with Gasteiger partial charge in [0.2, 0.25) is 5.91 Å². The van der Waals surface area contributed by atoms with Crippen molar-refractivity contribution in [2.45, 2.75) is 19.8 Å². The maximum atomic E-state index is 12.1. The molecule has 0 aromatic heterocycles. The monoisotopic (exact) mass is 314 g/mol. The number of rotatable bonds is 6. The average molecular weight is 314 g/mol. The molecule has 0 radical (unpaired) electrons. The van der Waals surface area contributed by atoms with Crippen molar-refractivity contribution in [1.29, 1.82) is 0 Å². The van der Waals surface area contributed by atoms with Gasteiger partial charge in [-0.15, -0.1) is 0 Å². The van der Waals surface area contributed by atoms with Gasteiger partial charge in [-0.3, -0.25) is 14.9 Å². The third kappa shape index (κ3) is 4.29. The lowest BCUT2D eigenvalue weighted by atomic mass is 10.1. The smallest absolute Gasteiger partial charge is 0.273 e. The highest BCUT2D eigenvalue weighted by Crippen LogP contribution is 2.29. The molecule has 0 bridgehead atoms. The summed E-state index contributed by atoms with van der Waals surface area (Å²) >= 11 is 0. The van der Waals surface area contributed by atoms with Crippen molar-refractivity contribution in [1.82, 2.24) is 0 Å². The summed E-state index contributed by atoms with van der Waals surface area (Å²) in [6, 6.07) is 11.9. The molecule has 0 fully saturated rings. The van der Waals surface area contributed by atoms with Gasteiger partial charge in [-0.05, 0) is 23.6 Å². The van der Waals surface area contributed by atoms with Crippen LogP contribution >= 0.6 is 0 Å². The number of benzene rings is 2. The largest absolute Gasteiger partial charge is 0.494 e. The molecule has 0 unspecified atom stereocenters. The van der Waals surface area contributed by atoms with Gasteiger partial charge in [-0.2, -0.15) is 0 Å². The van der Waals surface area contributed by atoms with Crippen molar-refractivity contribution in [3.63, 3.8) is 0 Å². The van der Waals surface area contributed by atoms with Gasteiger partial charge in [0.25, 0.3) is 5.69 Å². The molecule has 6 heteroatoms. The van der Waals surface area contributed by atoms with Crippen LogP contribution in [0.4, 0.5) is 11.4 Å². The molecule has 2 aromatic carbocycles. The highest BCUT2D eigenvalue weighted by atomic mass is 16.6. The van der Waals surface area contributed by atoms with Crippen LogP contribution in [0, 0.1) is 10.1 Å². The van der Waals surface area contributed by atoms with Crippen LogP contribution in [-0.2, 0) is 17.6 Å². The number of anilines is 1. The second-order valence-corrected chi connectivity index (χ2v) is 5.04. The molecule has 0 aliphatic carbocycles. The standard InChI is InChI=1S/C17H18N2O4/c1-3-12-4-6-13(7-5-12)10-17(20)18-15-9-8-14(19(21)22)11-16(15)23-2/h4-9,11H,3,10H2,1-2H3,(H,18,20). The minimum atomic E-state index is -0.511. The van der Waals surface area contributed by atoms with E-state index in [1.807, 2.05) is 24.3 Å². The van der Waals surface area contributed by atoms with E-state index in [1.54, 1.807) is 0 Å². The fraction of sp³-hybridized carbons (Fsp3) is 0.235. The third-order valence-electron chi connectivity index (χ3n) is 3.47. The number of methoxy groups -OCH3 is 1. The predicted molar refractivity (Wildman–Crippen MR) is 87.8 cm³/mol. The summed E-state index contributed by atoms with van der Waals surface area (Å²) in [7, 11) is 1.40. The Hall–Kier alpha value is -2.89. The van der Waals surface area contributed by atoms with E-state index in [4.69, 9.17) is 4.74 Å². The Kier molecular flexibility index (Phi) is 5.30. The van der Waals surface area contributed by atoms with Gasteiger partial charge in [0, 0.05) is 6.07 Å². The molecule has 120 valence electrons. The van der Waals surface area contributed by atoms with Crippen LogP contribution in [0.15, 0.2) is 42.5 Å². The van der Waals surface area contributed by atoms with Crippen LogP contribution in [0.3, 0.4) is 0 Å². The summed E-state index contributed by atoms with van der Waals surface area (Å²) in [5, 5.41) is 13.5. The van der Waals surface area contributed by atoms with Gasteiger partial charge in [-0.1, -0.05) is 31.2 Å². The summed E-state index contributed by atoms with van der Waals surface area (Å²) < 4.78 is 5.10. The fourth-order valence-corrected chi connectivity index (χ4v) is 2.17. The molecule has 0 heterocycles. The van der Waals surface area contributed by atoms with Gasteiger partial charge in [-0.25, -0.2) is 0 Å². The molecule has 2 aromatic rings. The summed E-state index contributed by atoms with van der Waals surface area (Å²) in [5.41, 5.74) is 2.44. The van der Waals surface area contributed by atoms with Gasteiger partial charge < -0.3 is 10.1 Å². The number of nitrogens with one attached hydrogen (secondary N) is 1. The first-order chi connectivity index (χ1) is 11.0. The number of carbonyl (C=O) groups is 1. The molecule has 1 amide bonds. The second-order valence-electron chi connectivity index (χ2n) is 5.04. The number of carbonyl (C=O) groups excluding carboxylic acids is 1. The molecule has 0 aliphatic rings. The molecule has 0 aliphatic heterocycles. The highest BCUT2D eigenvalue weighted by molar-refractivity contribution is 5.93. The summed E-state index contributed by atoms with van der Waals surface area (Å²) in [5.74, 6) is 0.0512. The van der Waals surface area contributed by atoms with Crippen molar-refractivity contribution >= 4 is 17.3 Å². The van der Waals surface area contributed by atoms with Gasteiger partial charge in [0.1, 0.15) is 5.75 Å². The first kappa shape index (κ1) is 16.5. The SMILES string of the molecule is CCc1ccc(CC(=O)Nc2ccc([N+](=O)[O-])cc2OC)cc1. The van der Waals surface area contributed by atoms with Crippen LogP contribution in [-0.4, -0.2) is 17.9 Å². The lowest BCUT2D eigenvalue weighted by molar-refractivity contribution is -0.384. The second kappa shape index (κ2) is 7.40. The topological polar surface area (TPSA) is 81.5 Å². The van der Waals surface area contributed by atoms with Crippen molar-refractivity contribution in [2.75, 3.05) is 12.4 Å². The van der Waals surface area contributed by atoms with E-state index in [9.17, 15) is 14.9 Å². The van der Waals surface area contributed by atoms with E-state index < -0.39 is 4.92 Å². The van der Waals surface area contributed by atoms with Crippen LogP contribution in [0.5, 0.6) is 5.75 Å². The molecule has 0 saturated heterocycles. The Balaban J connectivity index is 2.08. The maximum Gasteiger partial charge on any atom is 0.273 e. The average Bonchev–Trinajstić information content (AvgIpc) is 2.55. The zero-order valence-electron chi connectivity index (χ0n) is 13.0. The molecule has 0 atom stereocenters. The molecule has 0 spiro atoms. The van der Waals surface area contributed by atoms with Crippen molar-refractivity contribution in [3.05, 3.63) is 63.7 Å². The highest BCUT2D eigenvalue weighted by Gasteiger charge is 2.13. The molecule has 23 heavy (non-hydrogen) atoms. The zero-order chi connectivity index (χ0) is 16.8. The number of amides is 1. The van der Waals surface area contributed by atoms with Gasteiger partial charge >= 0.3 is 0 Å². The zero-order valence-corrected chi connectivity index (χ0v) is 13.0. The molecule has 0 saturated carbocycles. The van der Waals surface area contributed by atoms with Crippen molar-refractivity contribution < 1.29 is 14.5 Å². The number of hydrogen-bond donors (Lipinski definition) is 1. The van der Waals surface area contributed by atoms with E-state index in [0.717, 1.165) is 12.0 Å². The normalized spacial score (nSPS) is 10.2. The summed E-state index contributed by atoms with van der Waals surface area (Å²) in [6.07, 6.45) is 1.18. The summed E-state index contributed by atoms with van der Waals surface area (Å²) in [4.78, 5) is 22.4. The molecule has 2 rings (SSSR count). The number of hydrogen-bond acceptors (Lipinski definition) is 4. The Morgan fingerprint density at radius 3 is 2.39 bits per heavy atom. The lowest BCUT2D eigenvalue weighted by Crippen LogP contribution is -2.15. The van der Waals surface area contributed by atoms with E-state index in [1.165, 1.54) is 30.9 Å². The minimum absolute atomic E-state index is 0.0880. The molecular weight excluding hydrogens is 296 g/mol. The van der Waals surface area contributed by atoms with Crippen molar-refractivity contribution in [3.8, 4) is 5.75 Å². The first-order valence-corrected chi connectivity index (χ1v) is 7.23. The Labute approximate surface area is 134 Å². The number of nitro benzene ring substituents is 1. The molecule has 6 nitrogen and oxygen atoms in total. The summed E-state index contributed by atoms with van der Waals surface area (Å²) in [6.45, 7) is 2.07.